The second kappa shape index (κ2) is 4.73. The molecule has 0 saturated heterocycles. The Morgan fingerprint density at radius 2 is 1.64 bits per heavy atom. The van der Waals surface area contributed by atoms with Gasteiger partial charge in [-0.25, -0.2) is 0 Å². The molecular weight excluding hydrogens is 140 g/mol. The molecule has 0 aromatic heterocycles. The van der Waals surface area contributed by atoms with Crippen LogP contribution in [0.25, 0.3) is 0 Å². The van der Waals surface area contributed by atoms with E-state index < -0.39 is 0 Å². The van der Waals surface area contributed by atoms with Gasteiger partial charge < -0.3 is 10.2 Å². The van der Waals surface area contributed by atoms with Gasteiger partial charge in [-0.05, 0) is 11.8 Å². The van der Waals surface area contributed by atoms with Crippen LogP contribution in [0.2, 0.25) is 0 Å². The topological polar surface area (TPSA) is 40.5 Å². The molecule has 0 heterocycles. The van der Waals surface area contributed by atoms with E-state index in [1.54, 1.807) is 0 Å². The van der Waals surface area contributed by atoms with Gasteiger partial charge in [0.2, 0.25) is 0 Å². The van der Waals surface area contributed by atoms with Crippen LogP contribution < -0.4 is 0 Å². The molecule has 0 fully saturated rings. The number of rotatable bonds is 5. The van der Waals surface area contributed by atoms with Gasteiger partial charge in [0.05, 0.1) is 0 Å². The minimum absolute atomic E-state index is 0.0601. The van der Waals surface area contributed by atoms with E-state index in [1.807, 2.05) is 0 Å². The summed E-state index contributed by atoms with van der Waals surface area (Å²) >= 11 is 0. The highest BCUT2D eigenvalue weighted by Crippen LogP contribution is 2.28. The molecule has 0 aliphatic rings. The number of hydrogen-bond acceptors (Lipinski definition) is 2. The normalized spacial score (nSPS) is 12.5. The first-order valence-electron chi connectivity index (χ1n) is 4.27. The summed E-state index contributed by atoms with van der Waals surface area (Å²) in [7, 11) is 0. The smallest absolute Gasteiger partial charge is 0.0481 e. The Morgan fingerprint density at radius 1 is 1.18 bits per heavy atom. The lowest BCUT2D eigenvalue weighted by molar-refractivity contribution is 0.108. The summed E-state index contributed by atoms with van der Waals surface area (Å²) < 4.78 is 0. The van der Waals surface area contributed by atoms with Crippen LogP contribution in [-0.4, -0.2) is 23.4 Å². The van der Waals surface area contributed by atoms with Crippen molar-refractivity contribution < 1.29 is 10.2 Å². The van der Waals surface area contributed by atoms with E-state index in [0.29, 0.717) is 0 Å². The average molecular weight is 160 g/mol. The summed E-state index contributed by atoms with van der Waals surface area (Å²) in [4.78, 5) is 0. The molecule has 0 amide bonds. The fourth-order valence-corrected chi connectivity index (χ4v) is 1.11. The average Bonchev–Trinajstić information content (AvgIpc) is 2.00. The predicted molar refractivity (Wildman–Crippen MR) is 46.4 cm³/mol. The number of hydrogen-bond donors (Lipinski definition) is 2. The minimum Gasteiger partial charge on any atom is -0.396 e. The van der Waals surface area contributed by atoms with Crippen molar-refractivity contribution in [2.24, 2.45) is 11.3 Å². The number of aliphatic hydroxyl groups excluding tert-OH is 2. The van der Waals surface area contributed by atoms with Crippen LogP contribution in [0.3, 0.4) is 0 Å². The molecule has 0 radical (unpaired) electrons. The van der Waals surface area contributed by atoms with Crippen molar-refractivity contribution in [2.75, 3.05) is 13.2 Å². The molecule has 0 atom stereocenters. The van der Waals surface area contributed by atoms with E-state index in [1.165, 1.54) is 0 Å². The van der Waals surface area contributed by atoms with Gasteiger partial charge >= 0.3 is 0 Å². The summed E-state index contributed by atoms with van der Waals surface area (Å²) in [6.45, 7) is 6.64. The molecule has 0 aliphatic carbocycles. The maximum atomic E-state index is 8.82. The van der Waals surface area contributed by atoms with Crippen molar-refractivity contribution in [3.8, 4) is 0 Å². The van der Waals surface area contributed by atoms with Crippen LogP contribution >= 0.6 is 0 Å². The van der Waals surface area contributed by atoms with Gasteiger partial charge in [-0.3, -0.25) is 0 Å². The first-order valence-corrected chi connectivity index (χ1v) is 4.27. The molecule has 0 bridgehead atoms. The van der Waals surface area contributed by atoms with Crippen LogP contribution in [0.1, 0.15) is 33.6 Å². The summed E-state index contributed by atoms with van der Waals surface area (Å²) in [5.41, 5.74) is 0.246. The third-order valence-electron chi connectivity index (χ3n) is 2.31. The van der Waals surface area contributed by atoms with Crippen molar-refractivity contribution in [1.29, 1.82) is 0 Å². The van der Waals surface area contributed by atoms with Gasteiger partial charge in [0.15, 0.2) is 0 Å². The Labute approximate surface area is 69.2 Å². The van der Waals surface area contributed by atoms with E-state index in [-0.39, 0.29) is 24.5 Å². The molecule has 0 spiro atoms. The van der Waals surface area contributed by atoms with Crippen molar-refractivity contribution >= 4 is 0 Å². The summed E-state index contributed by atoms with van der Waals surface area (Å²) in [6.07, 6.45) is 1.99. The van der Waals surface area contributed by atoms with Gasteiger partial charge in [-0.15, -0.1) is 0 Å². The zero-order chi connectivity index (χ0) is 8.91. The summed E-state index contributed by atoms with van der Waals surface area (Å²) in [6, 6.07) is 0. The van der Waals surface area contributed by atoms with Gasteiger partial charge in [-0.1, -0.05) is 27.2 Å². The van der Waals surface area contributed by atoms with E-state index >= 15 is 0 Å². The van der Waals surface area contributed by atoms with E-state index in [0.717, 1.165) is 12.8 Å². The maximum absolute atomic E-state index is 8.82. The van der Waals surface area contributed by atoms with Crippen molar-refractivity contribution in [2.45, 2.75) is 33.6 Å². The summed E-state index contributed by atoms with van der Waals surface area (Å²) in [5.74, 6) is 0.0601. The van der Waals surface area contributed by atoms with Crippen LogP contribution in [-0.2, 0) is 0 Å². The zero-order valence-electron chi connectivity index (χ0n) is 7.80. The lowest BCUT2D eigenvalue weighted by Gasteiger charge is -2.26. The molecule has 0 rings (SSSR count). The Kier molecular flexibility index (Phi) is 4.69. The second-order valence-corrected chi connectivity index (χ2v) is 3.95. The molecule has 0 aromatic carbocycles. The van der Waals surface area contributed by atoms with Crippen LogP contribution in [0.15, 0.2) is 0 Å². The SMILES string of the molecule is CCC(C)(C)CC(CO)CO. The zero-order valence-corrected chi connectivity index (χ0v) is 7.80. The van der Waals surface area contributed by atoms with Crippen LogP contribution in [0, 0.1) is 11.3 Å². The Bertz CT molecular complexity index is 95.7. The highest BCUT2D eigenvalue weighted by molar-refractivity contribution is 4.71. The number of aliphatic hydroxyl groups is 2. The van der Waals surface area contributed by atoms with Crippen molar-refractivity contribution in [1.82, 2.24) is 0 Å². The van der Waals surface area contributed by atoms with Crippen LogP contribution in [0.5, 0.6) is 0 Å². The van der Waals surface area contributed by atoms with Crippen molar-refractivity contribution in [3.05, 3.63) is 0 Å². The molecule has 2 heteroatoms. The fraction of sp³-hybridized carbons (Fsp3) is 1.00. The molecule has 2 N–H and O–H groups in total. The highest BCUT2D eigenvalue weighted by Gasteiger charge is 2.20. The Balaban J connectivity index is 3.79. The first-order chi connectivity index (χ1) is 5.05. The Hall–Kier alpha value is -0.0800. The standard InChI is InChI=1S/C9H20O2/c1-4-9(2,3)5-8(6-10)7-11/h8,10-11H,4-7H2,1-3H3. The minimum atomic E-state index is 0.0601. The molecule has 0 aliphatic heterocycles. The monoisotopic (exact) mass is 160 g/mol. The molecule has 11 heavy (non-hydrogen) atoms. The van der Waals surface area contributed by atoms with E-state index in [4.69, 9.17) is 10.2 Å². The molecular formula is C9H20O2. The molecule has 0 unspecified atom stereocenters. The lowest BCUT2D eigenvalue weighted by atomic mass is 9.81. The van der Waals surface area contributed by atoms with Gasteiger partial charge in [0.25, 0.3) is 0 Å². The summed E-state index contributed by atoms with van der Waals surface area (Å²) in [5, 5.41) is 17.6. The quantitative estimate of drug-likeness (QED) is 0.638. The predicted octanol–water partition coefficient (Wildman–Crippen LogP) is 1.41. The molecule has 2 nitrogen and oxygen atoms in total. The fourth-order valence-electron chi connectivity index (χ4n) is 1.11. The second-order valence-electron chi connectivity index (χ2n) is 3.95. The van der Waals surface area contributed by atoms with E-state index in [9.17, 15) is 0 Å². The third-order valence-corrected chi connectivity index (χ3v) is 2.31. The highest BCUT2D eigenvalue weighted by atomic mass is 16.3. The van der Waals surface area contributed by atoms with Gasteiger partial charge in [0.1, 0.15) is 0 Å². The van der Waals surface area contributed by atoms with Gasteiger partial charge in [-0.2, -0.15) is 0 Å². The molecule has 0 saturated carbocycles. The largest absolute Gasteiger partial charge is 0.396 e. The van der Waals surface area contributed by atoms with Crippen LogP contribution in [0.4, 0.5) is 0 Å². The first kappa shape index (κ1) is 10.9. The third kappa shape index (κ3) is 4.38. The van der Waals surface area contributed by atoms with Crippen molar-refractivity contribution in [3.63, 3.8) is 0 Å². The Morgan fingerprint density at radius 3 is 1.91 bits per heavy atom. The maximum Gasteiger partial charge on any atom is 0.0481 e. The lowest BCUT2D eigenvalue weighted by Crippen LogP contribution is -2.21. The molecule has 68 valence electrons. The molecule has 0 aromatic rings. The van der Waals surface area contributed by atoms with Gasteiger partial charge in [0, 0.05) is 19.1 Å². The van der Waals surface area contributed by atoms with E-state index in [2.05, 4.69) is 20.8 Å².